The molecule has 9 heteroatoms. The van der Waals surface area contributed by atoms with E-state index in [0.29, 0.717) is 17.0 Å². The van der Waals surface area contributed by atoms with E-state index in [2.05, 4.69) is 15.5 Å². The van der Waals surface area contributed by atoms with Crippen LogP contribution in [0, 0.1) is 4.77 Å². The number of carbonyl (C=O) groups is 1. The molecule has 1 amide bonds. The highest BCUT2D eigenvalue weighted by Gasteiger charge is 2.29. The number of nitrogens with zero attached hydrogens (tertiary/aromatic N) is 2. The topological polar surface area (TPSA) is 62.7 Å². The van der Waals surface area contributed by atoms with E-state index < -0.39 is 11.7 Å². The summed E-state index contributed by atoms with van der Waals surface area (Å²) in [7, 11) is 0. The van der Waals surface area contributed by atoms with Crippen molar-refractivity contribution >= 4 is 23.8 Å². The molecule has 0 atom stereocenters. The zero-order chi connectivity index (χ0) is 17.0. The van der Waals surface area contributed by atoms with Gasteiger partial charge >= 0.3 is 6.18 Å². The highest BCUT2D eigenvalue weighted by molar-refractivity contribution is 7.71. The molecule has 0 bridgehead atoms. The number of aromatic amines is 1. The number of nitrogens with one attached hydrogen (secondary N) is 2. The number of aryl methyl sites for hydroxylation is 1. The molecule has 0 spiro atoms. The average Bonchev–Trinajstić information content (AvgIpc) is 2.80. The fraction of sp³-hybridized carbons (Fsp3) is 0.357. The molecule has 2 rings (SSSR count). The van der Waals surface area contributed by atoms with Crippen molar-refractivity contribution in [3.8, 4) is 0 Å². The molecule has 0 saturated heterocycles. The normalized spacial score (nSPS) is 11.5. The monoisotopic (exact) mass is 344 g/mol. The van der Waals surface area contributed by atoms with Gasteiger partial charge in [0.1, 0.15) is 12.4 Å². The van der Waals surface area contributed by atoms with E-state index >= 15 is 0 Å². The van der Waals surface area contributed by atoms with Crippen LogP contribution in [0.5, 0.6) is 0 Å². The van der Waals surface area contributed by atoms with E-state index in [4.69, 9.17) is 12.2 Å². The minimum absolute atomic E-state index is 0.0499. The molecule has 0 aliphatic rings. The Bertz CT molecular complexity index is 734. The number of anilines is 1. The molecule has 1 aromatic heterocycles. The summed E-state index contributed by atoms with van der Waals surface area (Å²) < 4.78 is 39.3. The van der Waals surface area contributed by atoms with Gasteiger partial charge in [-0.3, -0.25) is 14.5 Å². The first kappa shape index (κ1) is 17.2. The Kier molecular flexibility index (Phi) is 5.19. The van der Waals surface area contributed by atoms with Crippen molar-refractivity contribution in [2.24, 2.45) is 0 Å². The fourth-order valence-corrected chi connectivity index (χ4v) is 2.23. The van der Waals surface area contributed by atoms with Crippen LogP contribution in [0.2, 0.25) is 0 Å². The second-order valence-corrected chi connectivity index (χ2v) is 5.29. The third-order valence-corrected chi connectivity index (χ3v) is 3.42. The third-order valence-electron chi connectivity index (χ3n) is 3.11. The summed E-state index contributed by atoms with van der Waals surface area (Å²) in [6.07, 6.45) is -2.89. The first-order valence-electron chi connectivity index (χ1n) is 6.92. The van der Waals surface area contributed by atoms with Gasteiger partial charge in [-0.25, -0.2) is 0 Å². The predicted molar refractivity (Wildman–Crippen MR) is 81.5 cm³/mol. The Morgan fingerprint density at radius 2 is 2.00 bits per heavy atom. The van der Waals surface area contributed by atoms with Gasteiger partial charge < -0.3 is 5.32 Å². The van der Waals surface area contributed by atoms with E-state index in [9.17, 15) is 18.0 Å². The van der Waals surface area contributed by atoms with E-state index in [0.717, 1.165) is 18.6 Å². The lowest BCUT2D eigenvalue weighted by molar-refractivity contribution is -0.137. The number of hydrogen-bond acceptors (Lipinski definition) is 3. The fourth-order valence-electron chi connectivity index (χ4n) is 2.01. The SMILES string of the molecule is CCCc1n[nH]c(=S)n1CC(=O)Nc1ccc(C(F)(F)F)cc1. The quantitative estimate of drug-likeness (QED) is 0.816. The van der Waals surface area contributed by atoms with Crippen LogP contribution >= 0.6 is 12.2 Å². The molecule has 5 nitrogen and oxygen atoms in total. The summed E-state index contributed by atoms with van der Waals surface area (Å²) in [4.78, 5) is 12.0. The van der Waals surface area contributed by atoms with Gasteiger partial charge in [0.05, 0.1) is 5.56 Å². The molecule has 0 aliphatic heterocycles. The van der Waals surface area contributed by atoms with Gasteiger partial charge in [-0.1, -0.05) is 6.92 Å². The number of halogens is 3. The number of H-pyrrole nitrogens is 1. The maximum absolute atomic E-state index is 12.5. The van der Waals surface area contributed by atoms with Crippen molar-refractivity contribution in [1.82, 2.24) is 14.8 Å². The maximum Gasteiger partial charge on any atom is 0.416 e. The van der Waals surface area contributed by atoms with Gasteiger partial charge in [0.25, 0.3) is 0 Å². The summed E-state index contributed by atoms with van der Waals surface area (Å²) in [5.74, 6) is 0.277. The molecular weight excluding hydrogens is 329 g/mol. The lowest BCUT2D eigenvalue weighted by atomic mass is 10.2. The summed E-state index contributed by atoms with van der Waals surface area (Å²) in [5.41, 5.74) is -0.479. The van der Waals surface area contributed by atoms with E-state index in [1.165, 1.54) is 12.1 Å². The van der Waals surface area contributed by atoms with E-state index in [1.807, 2.05) is 6.92 Å². The number of hydrogen-bond donors (Lipinski definition) is 2. The van der Waals surface area contributed by atoms with Crippen LogP contribution in [0.15, 0.2) is 24.3 Å². The van der Waals surface area contributed by atoms with Gasteiger partial charge in [-0.05, 0) is 42.9 Å². The lowest BCUT2D eigenvalue weighted by Gasteiger charge is -2.10. The Labute approximate surface area is 135 Å². The number of benzene rings is 1. The van der Waals surface area contributed by atoms with Gasteiger partial charge in [0.15, 0.2) is 4.77 Å². The average molecular weight is 344 g/mol. The third kappa shape index (κ3) is 4.41. The largest absolute Gasteiger partial charge is 0.416 e. The predicted octanol–water partition coefficient (Wildman–Crippen LogP) is 3.55. The van der Waals surface area contributed by atoms with Crippen LogP contribution < -0.4 is 5.32 Å². The highest BCUT2D eigenvalue weighted by atomic mass is 32.1. The Balaban J connectivity index is 2.05. The maximum atomic E-state index is 12.5. The van der Waals surface area contributed by atoms with Crippen molar-refractivity contribution in [3.63, 3.8) is 0 Å². The molecule has 0 radical (unpaired) electrons. The van der Waals surface area contributed by atoms with Crippen LogP contribution in [-0.2, 0) is 23.9 Å². The molecule has 0 unspecified atom stereocenters. The molecule has 0 saturated carbocycles. The van der Waals surface area contributed by atoms with Crippen LogP contribution in [-0.4, -0.2) is 20.7 Å². The summed E-state index contributed by atoms with van der Waals surface area (Å²) in [5, 5.41) is 9.21. The molecule has 1 aromatic carbocycles. The number of alkyl halides is 3. The first-order chi connectivity index (χ1) is 10.8. The minimum atomic E-state index is -4.40. The van der Waals surface area contributed by atoms with Crippen LogP contribution in [0.4, 0.5) is 18.9 Å². The molecule has 23 heavy (non-hydrogen) atoms. The molecule has 124 valence electrons. The molecular formula is C14H15F3N4OS. The van der Waals surface area contributed by atoms with Crippen LogP contribution in [0.1, 0.15) is 24.7 Å². The lowest BCUT2D eigenvalue weighted by Crippen LogP contribution is -2.20. The van der Waals surface area contributed by atoms with Crippen molar-refractivity contribution in [2.45, 2.75) is 32.5 Å². The number of rotatable bonds is 5. The van der Waals surface area contributed by atoms with Crippen molar-refractivity contribution in [3.05, 3.63) is 40.4 Å². The second-order valence-electron chi connectivity index (χ2n) is 4.90. The standard InChI is InChI=1S/C14H15F3N4OS/c1-2-3-11-19-20-13(23)21(11)8-12(22)18-10-6-4-9(5-7-10)14(15,16)17/h4-7H,2-3,8H2,1H3,(H,18,22)(H,20,23). The number of amides is 1. The smallest absolute Gasteiger partial charge is 0.325 e. The second kappa shape index (κ2) is 6.95. The summed E-state index contributed by atoms with van der Waals surface area (Å²) in [6.45, 7) is 1.93. The van der Waals surface area contributed by atoms with Gasteiger partial charge in [0, 0.05) is 12.1 Å². The Hall–Kier alpha value is -2.16. The molecule has 2 aromatic rings. The van der Waals surface area contributed by atoms with Gasteiger partial charge in [-0.2, -0.15) is 18.3 Å². The molecule has 2 N–H and O–H groups in total. The first-order valence-corrected chi connectivity index (χ1v) is 7.33. The summed E-state index contributed by atoms with van der Waals surface area (Å²) in [6, 6.07) is 4.26. The molecule has 0 aliphatic carbocycles. The van der Waals surface area contributed by atoms with E-state index in [1.54, 1.807) is 4.57 Å². The zero-order valence-corrected chi connectivity index (χ0v) is 13.1. The minimum Gasteiger partial charge on any atom is -0.325 e. The number of carbonyl (C=O) groups excluding carboxylic acids is 1. The van der Waals surface area contributed by atoms with E-state index in [-0.39, 0.29) is 18.1 Å². The van der Waals surface area contributed by atoms with Crippen molar-refractivity contribution in [1.29, 1.82) is 0 Å². The molecule has 0 fully saturated rings. The Morgan fingerprint density at radius 3 is 2.57 bits per heavy atom. The van der Waals surface area contributed by atoms with Gasteiger partial charge in [0.2, 0.25) is 5.91 Å². The van der Waals surface area contributed by atoms with Crippen LogP contribution in [0.3, 0.4) is 0 Å². The Morgan fingerprint density at radius 1 is 1.35 bits per heavy atom. The van der Waals surface area contributed by atoms with Gasteiger partial charge in [-0.15, -0.1) is 0 Å². The number of aromatic nitrogens is 3. The van der Waals surface area contributed by atoms with Crippen molar-refractivity contribution < 1.29 is 18.0 Å². The molecule has 1 heterocycles. The summed E-state index contributed by atoms with van der Waals surface area (Å²) >= 11 is 5.07. The van der Waals surface area contributed by atoms with Crippen molar-refractivity contribution in [2.75, 3.05) is 5.32 Å². The zero-order valence-electron chi connectivity index (χ0n) is 12.3. The van der Waals surface area contributed by atoms with Crippen LogP contribution in [0.25, 0.3) is 0 Å². The highest BCUT2D eigenvalue weighted by Crippen LogP contribution is 2.29.